The van der Waals surface area contributed by atoms with Crippen molar-refractivity contribution in [2.24, 2.45) is 0 Å². The third-order valence-corrected chi connectivity index (χ3v) is 5.62. The molecule has 6 nitrogen and oxygen atoms in total. The summed E-state index contributed by atoms with van der Waals surface area (Å²) in [5.41, 5.74) is 2.59. The number of carbonyl (C=O) groups excluding carboxylic acids is 3. The zero-order valence-electron chi connectivity index (χ0n) is 17.7. The van der Waals surface area contributed by atoms with E-state index in [1.807, 2.05) is 37.4 Å². The Morgan fingerprint density at radius 1 is 1.10 bits per heavy atom. The topological polar surface area (TPSA) is 84.5 Å². The van der Waals surface area contributed by atoms with Crippen LogP contribution >= 0.6 is 23.4 Å². The first-order chi connectivity index (χ1) is 14.9. The SMILES string of the molecule is CSCCC(NC(=O)c1ccccc1Cl)C(=O)OCC(=O)NCCc1ccccc1C. The fourth-order valence-electron chi connectivity index (χ4n) is 2.88. The second kappa shape index (κ2) is 13.0. The van der Waals surface area contributed by atoms with Gasteiger partial charge in [0.1, 0.15) is 6.04 Å². The highest BCUT2D eigenvalue weighted by Crippen LogP contribution is 2.15. The smallest absolute Gasteiger partial charge is 0.329 e. The minimum Gasteiger partial charge on any atom is -0.454 e. The maximum Gasteiger partial charge on any atom is 0.329 e. The number of halogens is 1. The molecule has 0 aromatic heterocycles. The molecule has 0 aliphatic heterocycles. The third kappa shape index (κ3) is 8.26. The van der Waals surface area contributed by atoms with E-state index in [4.69, 9.17) is 16.3 Å². The van der Waals surface area contributed by atoms with E-state index in [2.05, 4.69) is 10.6 Å². The van der Waals surface area contributed by atoms with Gasteiger partial charge in [-0.3, -0.25) is 9.59 Å². The summed E-state index contributed by atoms with van der Waals surface area (Å²) in [7, 11) is 0. The molecule has 1 atom stereocenters. The van der Waals surface area contributed by atoms with Crippen LogP contribution in [0.3, 0.4) is 0 Å². The van der Waals surface area contributed by atoms with Crippen molar-refractivity contribution in [1.82, 2.24) is 10.6 Å². The van der Waals surface area contributed by atoms with Crippen LogP contribution in [0.4, 0.5) is 0 Å². The molecule has 0 spiro atoms. The monoisotopic (exact) mass is 462 g/mol. The van der Waals surface area contributed by atoms with E-state index in [0.717, 1.165) is 11.1 Å². The third-order valence-electron chi connectivity index (χ3n) is 4.64. The van der Waals surface area contributed by atoms with Gasteiger partial charge < -0.3 is 15.4 Å². The molecule has 0 heterocycles. The lowest BCUT2D eigenvalue weighted by Crippen LogP contribution is -2.43. The maximum absolute atomic E-state index is 12.5. The van der Waals surface area contributed by atoms with Crippen molar-refractivity contribution in [2.75, 3.05) is 25.2 Å². The molecular formula is C23H27ClN2O4S. The minimum absolute atomic E-state index is 0.278. The summed E-state index contributed by atoms with van der Waals surface area (Å²) < 4.78 is 5.15. The number of esters is 1. The van der Waals surface area contributed by atoms with Gasteiger partial charge in [-0.25, -0.2) is 4.79 Å². The Kier molecular flexibility index (Phi) is 10.4. The standard InChI is InChI=1S/C23H27ClN2O4S/c1-16-7-3-4-8-17(16)11-13-25-21(27)15-30-23(29)20(12-14-31-2)26-22(28)18-9-5-6-10-19(18)24/h3-10,20H,11-15H2,1-2H3,(H,25,27)(H,26,28). The first-order valence-corrected chi connectivity index (χ1v) is 11.7. The van der Waals surface area contributed by atoms with Crippen LogP contribution in [0.1, 0.15) is 27.9 Å². The van der Waals surface area contributed by atoms with Gasteiger partial charge in [0, 0.05) is 6.54 Å². The lowest BCUT2D eigenvalue weighted by molar-refractivity contribution is -0.150. The van der Waals surface area contributed by atoms with Gasteiger partial charge in [-0.1, -0.05) is 48.0 Å². The van der Waals surface area contributed by atoms with Gasteiger partial charge in [0.15, 0.2) is 6.61 Å². The second-order valence-electron chi connectivity index (χ2n) is 6.92. The fraction of sp³-hybridized carbons (Fsp3) is 0.348. The van der Waals surface area contributed by atoms with Gasteiger partial charge in [0.2, 0.25) is 0 Å². The molecule has 2 aromatic rings. The number of hydrogen-bond acceptors (Lipinski definition) is 5. The molecule has 0 bridgehead atoms. The summed E-state index contributed by atoms with van der Waals surface area (Å²) >= 11 is 7.60. The van der Waals surface area contributed by atoms with Gasteiger partial charge in [-0.05, 0) is 55.0 Å². The summed E-state index contributed by atoms with van der Waals surface area (Å²) in [5.74, 6) is -0.853. The number of aryl methyl sites for hydroxylation is 1. The van der Waals surface area contributed by atoms with Crippen LogP contribution in [-0.4, -0.2) is 49.0 Å². The molecule has 2 N–H and O–H groups in total. The number of thioether (sulfide) groups is 1. The van der Waals surface area contributed by atoms with Crippen LogP contribution in [0.2, 0.25) is 5.02 Å². The average Bonchev–Trinajstić information content (AvgIpc) is 2.76. The van der Waals surface area contributed by atoms with Crippen molar-refractivity contribution in [3.63, 3.8) is 0 Å². The molecule has 8 heteroatoms. The van der Waals surface area contributed by atoms with E-state index < -0.39 is 24.5 Å². The number of hydrogen-bond donors (Lipinski definition) is 2. The van der Waals surface area contributed by atoms with Crippen molar-refractivity contribution in [3.05, 3.63) is 70.2 Å². The van der Waals surface area contributed by atoms with Crippen molar-refractivity contribution in [1.29, 1.82) is 0 Å². The molecule has 0 aliphatic rings. The Morgan fingerprint density at radius 3 is 2.52 bits per heavy atom. The number of nitrogens with one attached hydrogen (secondary N) is 2. The Hall–Kier alpha value is -2.51. The second-order valence-corrected chi connectivity index (χ2v) is 8.31. The van der Waals surface area contributed by atoms with E-state index in [1.165, 1.54) is 0 Å². The van der Waals surface area contributed by atoms with Crippen LogP contribution in [-0.2, 0) is 20.7 Å². The summed E-state index contributed by atoms with van der Waals surface area (Å²) in [6.07, 6.45) is 2.97. The highest BCUT2D eigenvalue weighted by Gasteiger charge is 2.24. The Labute approximate surface area is 192 Å². The van der Waals surface area contributed by atoms with Gasteiger partial charge in [-0.15, -0.1) is 0 Å². The van der Waals surface area contributed by atoms with E-state index in [9.17, 15) is 14.4 Å². The Balaban J connectivity index is 1.84. The lowest BCUT2D eigenvalue weighted by Gasteiger charge is -2.17. The van der Waals surface area contributed by atoms with Crippen LogP contribution in [0, 0.1) is 6.92 Å². The minimum atomic E-state index is -0.865. The zero-order chi connectivity index (χ0) is 22.6. The molecule has 2 rings (SSSR count). The van der Waals surface area contributed by atoms with Gasteiger partial charge in [0.05, 0.1) is 10.6 Å². The molecule has 1 unspecified atom stereocenters. The Bertz CT molecular complexity index is 907. The summed E-state index contributed by atoms with van der Waals surface area (Å²) in [5, 5.41) is 5.70. The molecule has 2 aromatic carbocycles. The molecule has 0 aliphatic carbocycles. The summed E-state index contributed by atoms with van der Waals surface area (Å²) in [6, 6.07) is 13.7. The van der Waals surface area contributed by atoms with Crippen molar-refractivity contribution < 1.29 is 19.1 Å². The van der Waals surface area contributed by atoms with Crippen LogP contribution in [0.25, 0.3) is 0 Å². The van der Waals surface area contributed by atoms with Gasteiger partial charge in [0.25, 0.3) is 11.8 Å². The number of carbonyl (C=O) groups is 3. The molecular weight excluding hydrogens is 436 g/mol. The number of ether oxygens (including phenoxy) is 1. The predicted molar refractivity (Wildman–Crippen MR) is 125 cm³/mol. The first kappa shape index (κ1) is 24.8. The van der Waals surface area contributed by atoms with Crippen molar-refractivity contribution >= 4 is 41.1 Å². The number of amides is 2. The summed E-state index contributed by atoms with van der Waals surface area (Å²) in [4.78, 5) is 37.0. The summed E-state index contributed by atoms with van der Waals surface area (Å²) in [6.45, 7) is 2.06. The Morgan fingerprint density at radius 2 is 1.81 bits per heavy atom. The van der Waals surface area contributed by atoms with Crippen LogP contribution < -0.4 is 10.6 Å². The van der Waals surface area contributed by atoms with E-state index in [0.29, 0.717) is 30.2 Å². The van der Waals surface area contributed by atoms with Gasteiger partial charge in [-0.2, -0.15) is 11.8 Å². The van der Waals surface area contributed by atoms with E-state index in [1.54, 1.807) is 36.0 Å². The van der Waals surface area contributed by atoms with Crippen molar-refractivity contribution in [3.8, 4) is 0 Å². The number of rotatable bonds is 11. The molecule has 0 fully saturated rings. The normalized spacial score (nSPS) is 11.5. The van der Waals surface area contributed by atoms with Gasteiger partial charge >= 0.3 is 5.97 Å². The average molecular weight is 463 g/mol. The van der Waals surface area contributed by atoms with E-state index in [-0.39, 0.29) is 11.5 Å². The quantitative estimate of drug-likeness (QED) is 0.500. The lowest BCUT2D eigenvalue weighted by atomic mass is 10.1. The zero-order valence-corrected chi connectivity index (χ0v) is 19.2. The maximum atomic E-state index is 12.5. The van der Waals surface area contributed by atoms with Crippen LogP contribution in [0.5, 0.6) is 0 Å². The fourth-order valence-corrected chi connectivity index (χ4v) is 3.57. The number of benzene rings is 2. The highest BCUT2D eigenvalue weighted by atomic mass is 35.5. The molecule has 31 heavy (non-hydrogen) atoms. The molecule has 0 saturated heterocycles. The molecule has 166 valence electrons. The van der Waals surface area contributed by atoms with E-state index >= 15 is 0 Å². The highest BCUT2D eigenvalue weighted by molar-refractivity contribution is 7.98. The van der Waals surface area contributed by atoms with Crippen LogP contribution in [0.15, 0.2) is 48.5 Å². The molecule has 2 amide bonds. The molecule has 0 saturated carbocycles. The first-order valence-electron chi connectivity index (χ1n) is 9.94. The van der Waals surface area contributed by atoms with Crippen molar-refractivity contribution in [2.45, 2.75) is 25.8 Å². The largest absolute Gasteiger partial charge is 0.454 e. The molecule has 0 radical (unpaired) electrons. The predicted octanol–water partition coefficient (Wildman–Crippen LogP) is 3.40.